The van der Waals surface area contributed by atoms with E-state index in [1.807, 2.05) is 13.8 Å². The molecule has 0 fully saturated rings. The van der Waals surface area contributed by atoms with E-state index < -0.39 is 26.0 Å². The SMILES string of the molecule is CC(=O)OC(CC[P+](=O)COCC(C)C)OC(C)=O. The van der Waals surface area contributed by atoms with Crippen LogP contribution in [0.3, 0.4) is 0 Å². The monoisotopic (exact) mass is 293 g/mol. The third kappa shape index (κ3) is 11.8. The van der Waals surface area contributed by atoms with Crippen LogP contribution in [0.1, 0.15) is 34.1 Å². The summed E-state index contributed by atoms with van der Waals surface area (Å²) in [4.78, 5) is 21.6. The summed E-state index contributed by atoms with van der Waals surface area (Å²) in [5.41, 5.74) is 0. The van der Waals surface area contributed by atoms with Gasteiger partial charge in [0.25, 0.3) is 6.29 Å². The quantitative estimate of drug-likeness (QED) is 0.368. The van der Waals surface area contributed by atoms with Crippen LogP contribution in [0.15, 0.2) is 0 Å². The van der Waals surface area contributed by atoms with Gasteiger partial charge in [0.15, 0.2) is 6.16 Å². The molecule has 0 amide bonds. The number of carbonyl (C=O) groups is 2. The van der Waals surface area contributed by atoms with E-state index in [1.165, 1.54) is 13.8 Å². The van der Waals surface area contributed by atoms with Gasteiger partial charge in [0.2, 0.25) is 6.35 Å². The van der Waals surface area contributed by atoms with E-state index in [1.54, 1.807) is 0 Å². The predicted molar refractivity (Wildman–Crippen MR) is 70.1 cm³/mol. The fraction of sp³-hybridized carbons (Fsp3) is 0.833. The van der Waals surface area contributed by atoms with Crippen LogP contribution in [0.2, 0.25) is 0 Å². The predicted octanol–water partition coefficient (Wildman–Crippen LogP) is 2.29. The van der Waals surface area contributed by atoms with E-state index in [4.69, 9.17) is 14.2 Å². The Hall–Kier alpha value is -1.00. The van der Waals surface area contributed by atoms with Crippen LogP contribution < -0.4 is 0 Å². The Morgan fingerprint density at radius 3 is 2.05 bits per heavy atom. The molecule has 110 valence electrons. The molecule has 7 heteroatoms. The maximum atomic E-state index is 11.6. The molecule has 19 heavy (non-hydrogen) atoms. The van der Waals surface area contributed by atoms with Crippen LogP contribution in [-0.4, -0.2) is 37.3 Å². The van der Waals surface area contributed by atoms with Gasteiger partial charge in [-0.1, -0.05) is 18.4 Å². The van der Waals surface area contributed by atoms with Crippen molar-refractivity contribution >= 4 is 19.7 Å². The molecule has 0 spiro atoms. The highest BCUT2D eigenvalue weighted by Gasteiger charge is 2.23. The minimum Gasteiger partial charge on any atom is -0.425 e. The Morgan fingerprint density at radius 2 is 1.63 bits per heavy atom. The Bertz CT molecular complexity index is 299. The van der Waals surface area contributed by atoms with E-state index >= 15 is 0 Å². The number of rotatable bonds is 9. The largest absolute Gasteiger partial charge is 0.425 e. The molecule has 1 unspecified atom stereocenters. The van der Waals surface area contributed by atoms with Gasteiger partial charge in [-0.3, -0.25) is 9.59 Å². The summed E-state index contributed by atoms with van der Waals surface area (Å²) in [5, 5.41) is 0. The molecule has 0 aromatic heterocycles. The Morgan fingerprint density at radius 1 is 1.11 bits per heavy atom. The summed E-state index contributed by atoms with van der Waals surface area (Å²) in [7, 11) is -1.55. The van der Waals surface area contributed by atoms with Crippen molar-refractivity contribution in [1.29, 1.82) is 0 Å². The lowest BCUT2D eigenvalue weighted by Crippen LogP contribution is -2.23. The molecule has 0 rings (SSSR count). The molecular formula is C12H22O6P+. The average molecular weight is 293 g/mol. The zero-order valence-electron chi connectivity index (χ0n) is 11.9. The third-order valence-electron chi connectivity index (χ3n) is 1.90. The Balaban J connectivity index is 3.98. The van der Waals surface area contributed by atoms with Crippen LogP contribution in [0, 0.1) is 5.92 Å². The first-order valence-corrected chi connectivity index (χ1v) is 7.78. The van der Waals surface area contributed by atoms with E-state index in [0.717, 1.165) is 0 Å². The van der Waals surface area contributed by atoms with Gasteiger partial charge in [-0.25, -0.2) is 0 Å². The number of esters is 2. The normalized spacial score (nSPS) is 11.6. The molecule has 0 heterocycles. The maximum Gasteiger partial charge on any atom is 0.367 e. The number of carbonyl (C=O) groups excluding carboxylic acids is 2. The van der Waals surface area contributed by atoms with E-state index in [2.05, 4.69) is 0 Å². The maximum absolute atomic E-state index is 11.6. The fourth-order valence-corrected chi connectivity index (χ4v) is 2.15. The number of hydrogen-bond donors (Lipinski definition) is 0. The van der Waals surface area contributed by atoms with Gasteiger partial charge in [0.05, 0.1) is 13.0 Å². The average Bonchev–Trinajstić information content (AvgIpc) is 2.23. The molecule has 0 aliphatic rings. The molecule has 0 bridgehead atoms. The van der Waals surface area contributed by atoms with Gasteiger partial charge >= 0.3 is 19.7 Å². The smallest absolute Gasteiger partial charge is 0.367 e. The van der Waals surface area contributed by atoms with Crippen molar-refractivity contribution < 1.29 is 28.4 Å². The summed E-state index contributed by atoms with van der Waals surface area (Å²) in [6.07, 6.45) is -0.322. The molecule has 0 saturated carbocycles. The van der Waals surface area contributed by atoms with Gasteiger partial charge in [-0.2, -0.15) is 0 Å². The van der Waals surface area contributed by atoms with Crippen LogP contribution in [-0.2, 0) is 28.4 Å². The van der Waals surface area contributed by atoms with Crippen molar-refractivity contribution in [3.05, 3.63) is 0 Å². The van der Waals surface area contributed by atoms with Crippen molar-refractivity contribution in [3.8, 4) is 0 Å². The van der Waals surface area contributed by atoms with Crippen molar-refractivity contribution in [3.63, 3.8) is 0 Å². The molecule has 0 aromatic carbocycles. The lowest BCUT2D eigenvalue weighted by Gasteiger charge is -2.14. The van der Waals surface area contributed by atoms with Crippen molar-refractivity contribution in [2.24, 2.45) is 5.92 Å². The lowest BCUT2D eigenvalue weighted by molar-refractivity contribution is -0.184. The first-order chi connectivity index (χ1) is 8.81. The van der Waals surface area contributed by atoms with Gasteiger partial charge in [-0.15, -0.1) is 0 Å². The van der Waals surface area contributed by atoms with Crippen molar-refractivity contribution in [1.82, 2.24) is 0 Å². The molecule has 0 saturated heterocycles. The minimum atomic E-state index is -1.55. The molecule has 0 aromatic rings. The summed E-state index contributed by atoms with van der Waals surface area (Å²) in [5.74, 6) is -0.701. The van der Waals surface area contributed by atoms with Crippen LogP contribution in [0.4, 0.5) is 0 Å². The molecule has 0 aliphatic heterocycles. The summed E-state index contributed by atoms with van der Waals surface area (Å²) >= 11 is 0. The second kappa shape index (κ2) is 9.87. The molecule has 0 aliphatic carbocycles. The van der Waals surface area contributed by atoms with Crippen LogP contribution in [0.5, 0.6) is 0 Å². The van der Waals surface area contributed by atoms with Gasteiger partial charge in [-0.05, 0) is 5.92 Å². The summed E-state index contributed by atoms with van der Waals surface area (Å²) in [6, 6.07) is 0. The van der Waals surface area contributed by atoms with Crippen LogP contribution in [0.25, 0.3) is 0 Å². The lowest BCUT2D eigenvalue weighted by atomic mass is 10.2. The standard InChI is InChI=1S/C12H22O6P/c1-9(2)7-16-8-19(15)6-5-12(17-10(3)13)18-11(4)14/h9,12H,5-8H2,1-4H3/q+1. The summed E-state index contributed by atoms with van der Waals surface area (Å²) in [6.45, 7) is 7.01. The zero-order chi connectivity index (χ0) is 14.8. The summed E-state index contributed by atoms with van der Waals surface area (Å²) < 4.78 is 26.5. The number of hydrogen-bond acceptors (Lipinski definition) is 6. The van der Waals surface area contributed by atoms with Gasteiger partial charge in [0.1, 0.15) is 0 Å². The highest BCUT2D eigenvalue weighted by Crippen LogP contribution is 2.23. The van der Waals surface area contributed by atoms with Gasteiger partial charge in [0, 0.05) is 13.8 Å². The second-order valence-electron chi connectivity index (χ2n) is 4.54. The van der Waals surface area contributed by atoms with E-state index in [0.29, 0.717) is 12.5 Å². The first-order valence-electron chi connectivity index (χ1n) is 6.15. The fourth-order valence-electron chi connectivity index (χ4n) is 1.22. The highest BCUT2D eigenvalue weighted by molar-refractivity contribution is 7.44. The van der Waals surface area contributed by atoms with Crippen molar-refractivity contribution in [2.45, 2.75) is 40.4 Å². The molecular weight excluding hydrogens is 271 g/mol. The Labute approximate surface area is 114 Å². The van der Waals surface area contributed by atoms with E-state index in [9.17, 15) is 14.2 Å². The molecule has 0 N–H and O–H groups in total. The Kier molecular flexibility index (Phi) is 9.35. The topological polar surface area (TPSA) is 78.9 Å². The van der Waals surface area contributed by atoms with Gasteiger partial charge < -0.3 is 14.2 Å². The number of ether oxygens (including phenoxy) is 3. The first kappa shape index (κ1) is 18.0. The molecule has 1 atom stereocenters. The molecule has 0 radical (unpaired) electrons. The minimum absolute atomic E-state index is 0.167. The van der Waals surface area contributed by atoms with E-state index in [-0.39, 0.29) is 18.9 Å². The highest BCUT2D eigenvalue weighted by atomic mass is 31.1. The van der Waals surface area contributed by atoms with Crippen LogP contribution >= 0.6 is 7.80 Å². The zero-order valence-corrected chi connectivity index (χ0v) is 12.8. The van der Waals surface area contributed by atoms with Crippen molar-refractivity contribution in [2.75, 3.05) is 19.1 Å². The third-order valence-corrected chi connectivity index (χ3v) is 3.12. The second-order valence-corrected chi connectivity index (χ2v) is 6.21. The molecule has 6 nitrogen and oxygen atoms in total.